The number of nitrogens with one attached hydrogen (secondary N) is 1. The number of nitrogens with zero attached hydrogens (tertiary/aromatic N) is 1. The lowest BCUT2D eigenvalue weighted by atomic mass is 9.80. The number of likely N-dealkylation sites (tertiary alicyclic amines) is 1. The van der Waals surface area contributed by atoms with E-state index in [9.17, 15) is 0 Å². The summed E-state index contributed by atoms with van der Waals surface area (Å²) in [6, 6.07) is 0.758. The second kappa shape index (κ2) is 7.49. The Bertz CT molecular complexity index is 220. The molecule has 2 unspecified atom stereocenters. The highest BCUT2D eigenvalue weighted by Gasteiger charge is 2.34. The molecule has 1 aliphatic rings. The second-order valence-electron chi connectivity index (χ2n) is 6.99. The van der Waals surface area contributed by atoms with Gasteiger partial charge in [0.25, 0.3) is 0 Å². The van der Waals surface area contributed by atoms with Crippen LogP contribution in [0, 0.1) is 11.3 Å². The Morgan fingerprint density at radius 1 is 1.22 bits per heavy atom. The molecule has 0 bridgehead atoms. The molecule has 2 atom stereocenters. The zero-order valence-electron chi connectivity index (χ0n) is 13.3. The Morgan fingerprint density at radius 2 is 1.94 bits per heavy atom. The summed E-state index contributed by atoms with van der Waals surface area (Å²) in [6.07, 6.45) is 5.27. The third-order valence-corrected chi connectivity index (χ3v) is 4.39. The van der Waals surface area contributed by atoms with Gasteiger partial charge < -0.3 is 5.32 Å². The fraction of sp³-hybridized carbons (Fsp3) is 1.00. The average Bonchev–Trinajstić information content (AvgIpc) is 2.77. The molecular formula is C16H34N2. The Kier molecular flexibility index (Phi) is 6.65. The molecule has 0 aromatic carbocycles. The summed E-state index contributed by atoms with van der Waals surface area (Å²) >= 11 is 0. The van der Waals surface area contributed by atoms with Crippen molar-refractivity contribution in [1.82, 2.24) is 10.2 Å². The first-order valence-electron chi connectivity index (χ1n) is 7.93. The van der Waals surface area contributed by atoms with Gasteiger partial charge in [-0.2, -0.15) is 0 Å². The standard InChI is InChI=1S/C16H34N2/c1-6-8-15(12-17-10-7-2)18-11-9-14(13-18)16(3,4)5/h14-15,17H,6-13H2,1-5H3. The summed E-state index contributed by atoms with van der Waals surface area (Å²) in [5, 5.41) is 3.61. The Hall–Kier alpha value is -0.0800. The Morgan fingerprint density at radius 3 is 2.44 bits per heavy atom. The van der Waals surface area contributed by atoms with Gasteiger partial charge in [-0.15, -0.1) is 0 Å². The lowest BCUT2D eigenvalue weighted by Gasteiger charge is -2.31. The highest BCUT2D eigenvalue weighted by molar-refractivity contribution is 4.87. The van der Waals surface area contributed by atoms with E-state index in [1.54, 1.807) is 0 Å². The molecule has 0 spiro atoms. The summed E-state index contributed by atoms with van der Waals surface area (Å²) in [6.45, 7) is 16.7. The van der Waals surface area contributed by atoms with E-state index in [1.807, 2.05) is 0 Å². The van der Waals surface area contributed by atoms with Gasteiger partial charge in [0.2, 0.25) is 0 Å². The van der Waals surface area contributed by atoms with E-state index in [0.717, 1.165) is 18.5 Å². The van der Waals surface area contributed by atoms with Crippen LogP contribution in [0.4, 0.5) is 0 Å². The molecule has 0 saturated carbocycles. The lowest BCUT2D eigenvalue weighted by Crippen LogP contribution is -2.42. The topological polar surface area (TPSA) is 15.3 Å². The summed E-state index contributed by atoms with van der Waals surface area (Å²) in [4.78, 5) is 2.74. The number of hydrogen-bond acceptors (Lipinski definition) is 2. The van der Waals surface area contributed by atoms with E-state index in [1.165, 1.54) is 45.3 Å². The van der Waals surface area contributed by atoms with Crippen molar-refractivity contribution < 1.29 is 0 Å². The number of hydrogen-bond donors (Lipinski definition) is 1. The lowest BCUT2D eigenvalue weighted by molar-refractivity contribution is 0.184. The van der Waals surface area contributed by atoms with Crippen LogP contribution in [-0.4, -0.2) is 37.1 Å². The molecule has 1 heterocycles. The molecule has 2 nitrogen and oxygen atoms in total. The van der Waals surface area contributed by atoms with Crippen LogP contribution in [0.5, 0.6) is 0 Å². The van der Waals surface area contributed by atoms with Gasteiger partial charge in [0, 0.05) is 19.1 Å². The van der Waals surface area contributed by atoms with Crippen molar-refractivity contribution in [3.05, 3.63) is 0 Å². The van der Waals surface area contributed by atoms with Crippen molar-refractivity contribution in [3.63, 3.8) is 0 Å². The zero-order valence-corrected chi connectivity index (χ0v) is 13.3. The SMILES string of the molecule is CCCNCC(CCC)N1CCC(C(C)(C)C)C1. The predicted octanol–water partition coefficient (Wildman–Crippen LogP) is 3.52. The molecule has 1 fully saturated rings. The maximum atomic E-state index is 3.61. The third kappa shape index (κ3) is 4.89. The maximum absolute atomic E-state index is 3.61. The van der Waals surface area contributed by atoms with E-state index in [-0.39, 0.29) is 0 Å². The quantitative estimate of drug-likeness (QED) is 0.699. The molecule has 0 aliphatic carbocycles. The highest BCUT2D eigenvalue weighted by atomic mass is 15.2. The van der Waals surface area contributed by atoms with Crippen molar-refractivity contribution in [2.75, 3.05) is 26.2 Å². The molecule has 0 amide bonds. The van der Waals surface area contributed by atoms with Crippen molar-refractivity contribution >= 4 is 0 Å². The van der Waals surface area contributed by atoms with Gasteiger partial charge in [0.1, 0.15) is 0 Å². The van der Waals surface area contributed by atoms with Crippen molar-refractivity contribution in [1.29, 1.82) is 0 Å². The van der Waals surface area contributed by atoms with E-state index in [2.05, 4.69) is 44.8 Å². The van der Waals surface area contributed by atoms with Crippen LogP contribution in [0.15, 0.2) is 0 Å². The molecule has 0 aromatic heterocycles. The number of rotatable bonds is 7. The molecule has 108 valence electrons. The van der Waals surface area contributed by atoms with Gasteiger partial charge >= 0.3 is 0 Å². The summed E-state index contributed by atoms with van der Waals surface area (Å²) in [7, 11) is 0. The minimum Gasteiger partial charge on any atom is -0.315 e. The smallest absolute Gasteiger partial charge is 0.0220 e. The van der Waals surface area contributed by atoms with Gasteiger partial charge in [0.15, 0.2) is 0 Å². The molecule has 18 heavy (non-hydrogen) atoms. The maximum Gasteiger partial charge on any atom is 0.0220 e. The van der Waals surface area contributed by atoms with Crippen LogP contribution >= 0.6 is 0 Å². The van der Waals surface area contributed by atoms with Gasteiger partial charge in [-0.05, 0) is 43.7 Å². The first-order chi connectivity index (χ1) is 8.49. The summed E-state index contributed by atoms with van der Waals surface area (Å²) < 4.78 is 0. The van der Waals surface area contributed by atoms with E-state index in [0.29, 0.717) is 5.41 Å². The molecule has 0 radical (unpaired) electrons. The van der Waals surface area contributed by atoms with Crippen LogP contribution in [0.25, 0.3) is 0 Å². The largest absolute Gasteiger partial charge is 0.315 e. The zero-order chi connectivity index (χ0) is 13.6. The fourth-order valence-corrected chi connectivity index (χ4v) is 3.02. The Balaban J connectivity index is 2.44. The molecule has 1 aliphatic heterocycles. The average molecular weight is 254 g/mol. The molecule has 2 heteroatoms. The fourth-order valence-electron chi connectivity index (χ4n) is 3.02. The molecule has 0 aromatic rings. The molecule has 1 saturated heterocycles. The van der Waals surface area contributed by atoms with Crippen LogP contribution in [0.2, 0.25) is 0 Å². The second-order valence-corrected chi connectivity index (χ2v) is 6.99. The minimum atomic E-state index is 0.475. The molecule has 1 rings (SSSR count). The minimum absolute atomic E-state index is 0.475. The summed E-state index contributed by atoms with van der Waals surface area (Å²) in [5.74, 6) is 0.878. The predicted molar refractivity (Wildman–Crippen MR) is 81.0 cm³/mol. The van der Waals surface area contributed by atoms with Crippen LogP contribution in [-0.2, 0) is 0 Å². The van der Waals surface area contributed by atoms with Crippen LogP contribution in [0.1, 0.15) is 60.3 Å². The Labute approximate surface area is 115 Å². The normalized spacial score (nSPS) is 23.5. The highest BCUT2D eigenvalue weighted by Crippen LogP contribution is 2.34. The van der Waals surface area contributed by atoms with E-state index < -0.39 is 0 Å². The molecular weight excluding hydrogens is 220 g/mol. The third-order valence-electron chi connectivity index (χ3n) is 4.39. The monoisotopic (exact) mass is 254 g/mol. The first-order valence-corrected chi connectivity index (χ1v) is 7.93. The van der Waals surface area contributed by atoms with Crippen molar-refractivity contribution in [3.8, 4) is 0 Å². The summed E-state index contributed by atoms with van der Waals surface area (Å²) in [5.41, 5.74) is 0.475. The van der Waals surface area contributed by atoms with E-state index >= 15 is 0 Å². The van der Waals surface area contributed by atoms with Crippen molar-refractivity contribution in [2.24, 2.45) is 11.3 Å². The van der Waals surface area contributed by atoms with Crippen LogP contribution in [0.3, 0.4) is 0 Å². The van der Waals surface area contributed by atoms with Crippen LogP contribution < -0.4 is 5.32 Å². The van der Waals surface area contributed by atoms with Crippen molar-refractivity contribution in [2.45, 2.75) is 66.3 Å². The van der Waals surface area contributed by atoms with Gasteiger partial charge in [0.05, 0.1) is 0 Å². The first kappa shape index (κ1) is 16.0. The van der Waals surface area contributed by atoms with Gasteiger partial charge in [-0.25, -0.2) is 0 Å². The van der Waals surface area contributed by atoms with Gasteiger partial charge in [-0.3, -0.25) is 4.90 Å². The van der Waals surface area contributed by atoms with E-state index in [4.69, 9.17) is 0 Å². The van der Waals surface area contributed by atoms with Gasteiger partial charge in [-0.1, -0.05) is 41.0 Å². The molecule has 1 N–H and O–H groups in total.